The Balaban J connectivity index is 1.49. The van der Waals surface area contributed by atoms with Crippen LogP contribution in [0.5, 0.6) is 0 Å². The van der Waals surface area contributed by atoms with Crippen molar-refractivity contribution in [1.82, 2.24) is 9.80 Å². The van der Waals surface area contributed by atoms with Crippen LogP contribution in [0.4, 0.5) is 4.79 Å². The van der Waals surface area contributed by atoms with Gasteiger partial charge in [0.1, 0.15) is 0 Å². The average Bonchev–Trinajstić information content (AvgIpc) is 3.12. The summed E-state index contributed by atoms with van der Waals surface area (Å²) in [6.07, 6.45) is 0.103. The van der Waals surface area contributed by atoms with E-state index in [0.29, 0.717) is 50.7 Å². The molecular weight excluding hydrogens is 358 g/mol. The van der Waals surface area contributed by atoms with Crippen LogP contribution in [0.2, 0.25) is 5.02 Å². The molecule has 2 aliphatic rings. The lowest BCUT2D eigenvalue weighted by atomic mass is 10.0. The highest BCUT2D eigenvalue weighted by atomic mass is 35.5. The van der Waals surface area contributed by atoms with E-state index >= 15 is 0 Å². The van der Waals surface area contributed by atoms with E-state index in [1.54, 1.807) is 16.7 Å². The van der Waals surface area contributed by atoms with E-state index in [9.17, 15) is 9.59 Å². The number of carbonyl (C=O) groups excluding carboxylic acids is 2. The Labute approximate surface area is 157 Å². The molecule has 0 bridgehead atoms. The van der Waals surface area contributed by atoms with Crippen LogP contribution < -0.4 is 0 Å². The van der Waals surface area contributed by atoms with Gasteiger partial charge in [-0.15, -0.1) is 0 Å². The number of hydrogen-bond acceptors (Lipinski definition) is 5. The molecule has 140 valence electrons. The zero-order valence-corrected chi connectivity index (χ0v) is 15.4. The van der Waals surface area contributed by atoms with Gasteiger partial charge in [-0.2, -0.15) is 0 Å². The monoisotopic (exact) mass is 379 g/mol. The van der Waals surface area contributed by atoms with Crippen LogP contribution in [-0.4, -0.2) is 66.4 Å². The zero-order valence-electron chi connectivity index (χ0n) is 14.7. The number of nitrogens with zero attached hydrogens (tertiary/aromatic N) is 3. The molecule has 0 N–H and O–H groups in total. The number of ether oxygens (including phenoxy) is 1. The zero-order chi connectivity index (χ0) is 18.5. The minimum absolute atomic E-state index is 0.0913. The van der Waals surface area contributed by atoms with Gasteiger partial charge in [0.05, 0.1) is 12.3 Å². The van der Waals surface area contributed by atoms with Crippen molar-refractivity contribution in [3.8, 4) is 0 Å². The molecule has 1 fully saturated rings. The van der Waals surface area contributed by atoms with E-state index in [-0.39, 0.29) is 12.0 Å². The molecule has 0 spiro atoms. The lowest BCUT2D eigenvalue weighted by molar-refractivity contribution is -0.143. The summed E-state index contributed by atoms with van der Waals surface area (Å²) in [6.45, 7) is 3.98. The standard InChI is InChI=1S/C18H22ClN3O4/c1-2-25-18(24)22-9-7-21(8-10-22)17(23)16-12-14(20-26-16)11-13-5-3-4-6-15(13)19/h3-6,16H,2,7-12H2,1H3. The van der Waals surface area contributed by atoms with Gasteiger partial charge in [0.15, 0.2) is 0 Å². The molecule has 8 heteroatoms. The molecular formula is C18H22ClN3O4. The van der Waals surface area contributed by atoms with E-state index in [0.717, 1.165) is 11.3 Å². The van der Waals surface area contributed by atoms with Crippen LogP contribution in [0.15, 0.2) is 29.4 Å². The molecule has 0 aromatic heterocycles. The minimum atomic E-state index is -0.596. The Kier molecular flexibility index (Phi) is 5.98. The molecule has 1 saturated heterocycles. The van der Waals surface area contributed by atoms with Gasteiger partial charge >= 0.3 is 6.09 Å². The summed E-state index contributed by atoms with van der Waals surface area (Å²) < 4.78 is 4.99. The first-order valence-corrected chi connectivity index (χ1v) is 9.11. The normalized spacial score (nSPS) is 19.8. The summed E-state index contributed by atoms with van der Waals surface area (Å²) in [7, 11) is 0. The number of benzene rings is 1. The van der Waals surface area contributed by atoms with Crippen molar-refractivity contribution in [1.29, 1.82) is 0 Å². The van der Waals surface area contributed by atoms with E-state index in [1.807, 2.05) is 24.3 Å². The number of halogens is 1. The van der Waals surface area contributed by atoms with E-state index in [4.69, 9.17) is 21.2 Å². The maximum absolute atomic E-state index is 12.6. The summed E-state index contributed by atoms with van der Waals surface area (Å²) in [4.78, 5) is 33.0. The molecule has 0 aliphatic carbocycles. The van der Waals surface area contributed by atoms with Crippen molar-refractivity contribution >= 4 is 29.3 Å². The second kappa shape index (κ2) is 8.40. The lowest BCUT2D eigenvalue weighted by Crippen LogP contribution is -2.53. The number of piperazine rings is 1. The van der Waals surface area contributed by atoms with E-state index < -0.39 is 6.10 Å². The van der Waals surface area contributed by atoms with Crippen molar-refractivity contribution in [2.45, 2.75) is 25.9 Å². The molecule has 26 heavy (non-hydrogen) atoms. The number of oxime groups is 1. The summed E-state index contributed by atoms with van der Waals surface area (Å²) in [6, 6.07) is 7.57. The van der Waals surface area contributed by atoms with Crippen LogP contribution in [0.1, 0.15) is 18.9 Å². The predicted molar refractivity (Wildman–Crippen MR) is 97.3 cm³/mol. The minimum Gasteiger partial charge on any atom is -0.450 e. The fraction of sp³-hybridized carbons (Fsp3) is 0.500. The van der Waals surface area contributed by atoms with Gasteiger partial charge in [-0.25, -0.2) is 4.79 Å². The molecule has 7 nitrogen and oxygen atoms in total. The Morgan fingerprint density at radius 1 is 1.23 bits per heavy atom. The molecule has 2 amide bonds. The fourth-order valence-electron chi connectivity index (χ4n) is 3.05. The summed E-state index contributed by atoms with van der Waals surface area (Å²) in [5, 5.41) is 4.74. The summed E-state index contributed by atoms with van der Waals surface area (Å²) in [5.41, 5.74) is 1.77. The van der Waals surface area contributed by atoms with Crippen LogP contribution in [0, 0.1) is 0 Å². The SMILES string of the molecule is CCOC(=O)N1CCN(C(=O)C2CC(Cc3ccccc3Cl)=NO2)CC1. The highest BCUT2D eigenvalue weighted by Crippen LogP contribution is 2.21. The Bertz CT molecular complexity index is 701. The van der Waals surface area contributed by atoms with Gasteiger partial charge in [0, 0.05) is 44.0 Å². The molecule has 0 saturated carbocycles. The average molecular weight is 380 g/mol. The van der Waals surface area contributed by atoms with Crippen molar-refractivity contribution in [3.63, 3.8) is 0 Å². The Hall–Kier alpha value is -2.28. The molecule has 3 rings (SSSR count). The van der Waals surface area contributed by atoms with Gasteiger partial charge in [-0.3, -0.25) is 4.79 Å². The number of carbonyl (C=O) groups is 2. The largest absolute Gasteiger partial charge is 0.450 e. The van der Waals surface area contributed by atoms with Gasteiger partial charge in [-0.1, -0.05) is 35.0 Å². The highest BCUT2D eigenvalue weighted by Gasteiger charge is 2.34. The quantitative estimate of drug-likeness (QED) is 0.805. The molecule has 1 aromatic rings. The number of rotatable bonds is 4. The molecule has 2 aliphatic heterocycles. The summed E-state index contributed by atoms with van der Waals surface area (Å²) in [5.74, 6) is -0.0913. The van der Waals surface area contributed by atoms with Gasteiger partial charge in [-0.05, 0) is 18.6 Å². The molecule has 2 heterocycles. The second-order valence-electron chi connectivity index (χ2n) is 6.24. The maximum atomic E-state index is 12.6. The van der Waals surface area contributed by atoms with Gasteiger partial charge < -0.3 is 19.4 Å². The molecule has 1 atom stereocenters. The third kappa shape index (κ3) is 4.27. The Morgan fingerprint density at radius 2 is 1.92 bits per heavy atom. The van der Waals surface area contributed by atoms with Crippen LogP contribution >= 0.6 is 11.6 Å². The first kappa shape index (κ1) is 18.5. The Morgan fingerprint density at radius 3 is 2.62 bits per heavy atom. The van der Waals surface area contributed by atoms with Crippen molar-refractivity contribution in [2.24, 2.45) is 5.16 Å². The van der Waals surface area contributed by atoms with Crippen LogP contribution in [-0.2, 0) is 20.8 Å². The first-order chi connectivity index (χ1) is 12.6. The first-order valence-electron chi connectivity index (χ1n) is 8.74. The van der Waals surface area contributed by atoms with Crippen molar-refractivity contribution in [3.05, 3.63) is 34.9 Å². The third-order valence-electron chi connectivity index (χ3n) is 4.48. The topological polar surface area (TPSA) is 71.4 Å². The van der Waals surface area contributed by atoms with Gasteiger partial charge in [0.2, 0.25) is 6.10 Å². The smallest absolute Gasteiger partial charge is 0.409 e. The number of amides is 2. The molecule has 0 radical (unpaired) electrons. The molecule has 1 aromatic carbocycles. The predicted octanol–water partition coefficient (Wildman–Crippen LogP) is 2.33. The third-order valence-corrected chi connectivity index (χ3v) is 4.84. The van der Waals surface area contributed by atoms with E-state index in [2.05, 4.69) is 5.16 Å². The number of hydrogen-bond donors (Lipinski definition) is 0. The van der Waals surface area contributed by atoms with Crippen molar-refractivity contribution < 1.29 is 19.2 Å². The van der Waals surface area contributed by atoms with Crippen LogP contribution in [0.25, 0.3) is 0 Å². The van der Waals surface area contributed by atoms with E-state index in [1.165, 1.54) is 0 Å². The van der Waals surface area contributed by atoms with Crippen LogP contribution in [0.3, 0.4) is 0 Å². The molecule has 1 unspecified atom stereocenters. The van der Waals surface area contributed by atoms with Crippen molar-refractivity contribution in [2.75, 3.05) is 32.8 Å². The fourth-order valence-corrected chi connectivity index (χ4v) is 3.26. The maximum Gasteiger partial charge on any atom is 0.409 e. The lowest BCUT2D eigenvalue weighted by Gasteiger charge is -2.34. The highest BCUT2D eigenvalue weighted by molar-refractivity contribution is 6.31. The second-order valence-corrected chi connectivity index (χ2v) is 6.64. The summed E-state index contributed by atoms with van der Waals surface area (Å²) >= 11 is 6.17. The van der Waals surface area contributed by atoms with Gasteiger partial charge in [0.25, 0.3) is 5.91 Å².